The van der Waals surface area contributed by atoms with Gasteiger partial charge in [0.2, 0.25) is 0 Å². The summed E-state index contributed by atoms with van der Waals surface area (Å²) in [6.45, 7) is 13.7. The van der Waals surface area contributed by atoms with Gasteiger partial charge in [-0.3, -0.25) is 4.99 Å². The van der Waals surface area contributed by atoms with E-state index in [4.69, 9.17) is 4.99 Å². The van der Waals surface area contributed by atoms with Crippen LogP contribution >= 0.6 is 0 Å². The molecule has 1 nitrogen and oxygen atoms in total. The van der Waals surface area contributed by atoms with Gasteiger partial charge in [-0.05, 0) is 78.7 Å². The maximum atomic E-state index is 4.80. The number of aryl methyl sites for hydroxylation is 1. The lowest BCUT2D eigenvalue weighted by atomic mass is 9.85. The van der Waals surface area contributed by atoms with Crippen molar-refractivity contribution >= 4 is 5.71 Å². The van der Waals surface area contributed by atoms with Gasteiger partial charge in [0.1, 0.15) is 0 Å². The van der Waals surface area contributed by atoms with Gasteiger partial charge in [-0.25, -0.2) is 0 Å². The van der Waals surface area contributed by atoms with Gasteiger partial charge in [0.05, 0.1) is 0 Å². The molecule has 2 aromatic carbocycles. The molecule has 0 spiro atoms. The molecule has 0 fully saturated rings. The van der Waals surface area contributed by atoms with Crippen molar-refractivity contribution in [3.63, 3.8) is 0 Å². The average molecular weight is 440 g/mol. The summed E-state index contributed by atoms with van der Waals surface area (Å²) in [7, 11) is 1.96. The van der Waals surface area contributed by atoms with Crippen LogP contribution in [-0.4, -0.2) is 12.8 Å². The molecule has 0 amide bonds. The lowest BCUT2D eigenvalue weighted by molar-refractivity contribution is 0.570. The van der Waals surface area contributed by atoms with E-state index in [-0.39, 0.29) is 0 Å². The quantitative estimate of drug-likeness (QED) is 0.390. The van der Waals surface area contributed by atoms with E-state index in [0.717, 1.165) is 38.5 Å². The molecule has 0 aliphatic heterocycles. The van der Waals surface area contributed by atoms with E-state index in [1.54, 1.807) is 0 Å². The minimum Gasteiger partial charge on any atom is -0.292 e. The van der Waals surface area contributed by atoms with Crippen molar-refractivity contribution in [3.8, 4) is 0 Å². The molecule has 0 heterocycles. The van der Waals surface area contributed by atoms with Crippen LogP contribution in [0, 0.1) is 11.8 Å². The molecule has 1 aliphatic rings. The maximum absolute atomic E-state index is 4.80. The number of allylic oxidation sites excluding steroid dienone is 5. The molecule has 1 heteroatoms. The first-order chi connectivity index (χ1) is 15.9. The Hall–Kier alpha value is -2.67. The lowest BCUT2D eigenvalue weighted by Gasteiger charge is -2.21. The molecule has 0 aromatic heterocycles. The summed E-state index contributed by atoms with van der Waals surface area (Å²) in [6.07, 6.45) is 8.87. The fraction of sp³-hybridized carbons (Fsp3) is 0.406. The van der Waals surface area contributed by atoms with Crippen LogP contribution in [0.15, 0.2) is 94.5 Å². The Morgan fingerprint density at radius 2 is 1.58 bits per heavy atom. The zero-order chi connectivity index (χ0) is 23.8. The zero-order valence-electron chi connectivity index (χ0n) is 21.3. The van der Waals surface area contributed by atoms with Crippen molar-refractivity contribution in [3.05, 3.63) is 106 Å². The van der Waals surface area contributed by atoms with Gasteiger partial charge in [-0.1, -0.05) is 100 Å². The van der Waals surface area contributed by atoms with E-state index in [1.165, 1.54) is 44.7 Å². The first-order valence-corrected chi connectivity index (χ1v) is 12.6. The van der Waals surface area contributed by atoms with E-state index < -0.39 is 0 Å². The normalized spacial score (nSPS) is 21.5. The number of hydrogen-bond acceptors (Lipinski definition) is 1. The number of benzene rings is 2. The molecule has 33 heavy (non-hydrogen) atoms. The molecule has 0 N–H and O–H groups in total. The summed E-state index contributed by atoms with van der Waals surface area (Å²) in [5.41, 5.74) is 10.8. The summed E-state index contributed by atoms with van der Waals surface area (Å²) in [6, 6.07) is 19.9. The van der Waals surface area contributed by atoms with Crippen molar-refractivity contribution < 1.29 is 0 Å². The van der Waals surface area contributed by atoms with Crippen LogP contribution < -0.4 is 0 Å². The second-order valence-electron chi connectivity index (χ2n) is 9.79. The van der Waals surface area contributed by atoms with Gasteiger partial charge in [0, 0.05) is 18.3 Å². The summed E-state index contributed by atoms with van der Waals surface area (Å²) in [4.78, 5) is 4.80. The monoisotopic (exact) mass is 439 g/mol. The SMILES string of the molecule is C=C(CCC)C1=CC(C)CC(C)C(=NC)/C1=C(/C)CCc1ccc(Cc2ccccc2)cc1. The Kier molecular flexibility index (Phi) is 9.06. The summed E-state index contributed by atoms with van der Waals surface area (Å²) in [5, 5.41) is 0. The average Bonchev–Trinajstić information content (AvgIpc) is 2.94. The third kappa shape index (κ3) is 6.67. The second-order valence-corrected chi connectivity index (χ2v) is 9.79. The zero-order valence-corrected chi connectivity index (χ0v) is 21.3. The summed E-state index contributed by atoms with van der Waals surface area (Å²) < 4.78 is 0. The van der Waals surface area contributed by atoms with Gasteiger partial charge in [0.15, 0.2) is 0 Å². The van der Waals surface area contributed by atoms with Crippen LogP contribution in [0.25, 0.3) is 0 Å². The number of nitrogens with zero attached hydrogens (tertiary/aromatic N) is 1. The fourth-order valence-corrected chi connectivity index (χ4v) is 5.11. The van der Waals surface area contributed by atoms with E-state index >= 15 is 0 Å². The largest absolute Gasteiger partial charge is 0.292 e. The molecule has 0 saturated carbocycles. The molecule has 2 aromatic rings. The lowest BCUT2D eigenvalue weighted by Crippen LogP contribution is -2.16. The fourth-order valence-electron chi connectivity index (χ4n) is 5.11. The van der Waals surface area contributed by atoms with Crippen molar-refractivity contribution in [1.29, 1.82) is 0 Å². The van der Waals surface area contributed by atoms with Crippen molar-refractivity contribution in [2.24, 2.45) is 16.8 Å². The Balaban J connectivity index is 1.81. The van der Waals surface area contributed by atoms with Gasteiger partial charge < -0.3 is 0 Å². The van der Waals surface area contributed by atoms with Crippen LogP contribution in [0.3, 0.4) is 0 Å². The second kappa shape index (κ2) is 12.0. The molecule has 0 bridgehead atoms. The van der Waals surface area contributed by atoms with Gasteiger partial charge in [-0.15, -0.1) is 0 Å². The molecule has 2 atom stereocenters. The highest BCUT2D eigenvalue weighted by molar-refractivity contribution is 6.07. The molecular weight excluding hydrogens is 398 g/mol. The number of rotatable bonds is 8. The van der Waals surface area contributed by atoms with Crippen molar-refractivity contribution in [2.45, 2.75) is 66.2 Å². The molecule has 3 rings (SSSR count). The predicted molar refractivity (Wildman–Crippen MR) is 145 cm³/mol. The third-order valence-electron chi connectivity index (χ3n) is 6.83. The Morgan fingerprint density at radius 3 is 2.21 bits per heavy atom. The van der Waals surface area contributed by atoms with E-state index in [0.29, 0.717) is 11.8 Å². The van der Waals surface area contributed by atoms with Gasteiger partial charge in [-0.2, -0.15) is 0 Å². The highest BCUT2D eigenvalue weighted by Crippen LogP contribution is 2.36. The van der Waals surface area contributed by atoms with Crippen LogP contribution in [0.2, 0.25) is 0 Å². The van der Waals surface area contributed by atoms with Crippen LogP contribution in [0.1, 0.15) is 70.1 Å². The highest BCUT2D eigenvalue weighted by Gasteiger charge is 2.26. The predicted octanol–water partition coefficient (Wildman–Crippen LogP) is 8.56. The minimum absolute atomic E-state index is 0.468. The number of aliphatic imine (C=N–C) groups is 1. The maximum Gasteiger partial charge on any atom is 0.0450 e. The molecule has 2 unspecified atom stereocenters. The number of hydrogen-bond donors (Lipinski definition) is 0. The Bertz CT molecular complexity index is 1020. The minimum atomic E-state index is 0.468. The Labute approximate surface area is 202 Å². The topological polar surface area (TPSA) is 12.4 Å². The van der Waals surface area contributed by atoms with Crippen LogP contribution in [-0.2, 0) is 12.8 Å². The molecule has 1 aliphatic carbocycles. The van der Waals surface area contributed by atoms with Gasteiger partial charge in [0.25, 0.3) is 0 Å². The Morgan fingerprint density at radius 1 is 0.939 bits per heavy atom. The van der Waals surface area contributed by atoms with Crippen molar-refractivity contribution in [1.82, 2.24) is 0 Å². The van der Waals surface area contributed by atoms with Crippen LogP contribution in [0.5, 0.6) is 0 Å². The molecular formula is C32H41N. The van der Waals surface area contributed by atoms with Gasteiger partial charge >= 0.3 is 0 Å². The third-order valence-corrected chi connectivity index (χ3v) is 6.83. The van der Waals surface area contributed by atoms with E-state index in [9.17, 15) is 0 Å². The van der Waals surface area contributed by atoms with Crippen molar-refractivity contribution in [2.75, 3.05) is 7.05 Å². The first kappa shape index (κ1) is 25.0. The highest BCUT2D eigenvalue weighted by atomic mass is 14.7. The standard InChI is InChI=1S/C32H41N/c1-7-11-24(3)30-21-23(2)20-26(5)32(33-6)31(30)25(4)14-15-27-16-18-29(19-17-27)22-28-12-9-8-10-13-28/h8-10,12-13,16-19,21,23,26H,3,7,11,14-15,20,22H2,1-2,4-6H3/b31-25-,33-32?. The van der Waals surface area contributed by atoms with Crippen LogP contribution in [0.4, 0.5) is 0 Å². The van der Waals surface area contributed by atoms with E-state index in [2.05, 4.69) is 94.9 Å². The van der Waals surface area contributed by atoms with E-state index in [1.807, 2.05) is 7.05 Å². The summed E-state index contributed by atoms with van der Waals surface area (Å²) >= 11 is 0. The molecule has 174 valence electrons. The molecule has 0 saturated heterocycles. The molecule has 0 radical (unpaired) electrons. The summed E-state index contributed by atoms with van der Waals surface area (Å²) in [5.74, 6) is 1.01. The first-order valence-electron chi connectivity index (χ1n) is 12.6. The smallest absolute Gasteiger partial charge is 0.0450 e.